The minimum Gasteiger partial charge on any atom is -0.310 e. The van der Waals surface area contributed by atoms with Crippen molar-refractivity contribution in [2.75, 3.05) is 0 Å². The van der Waals surface area contributed by atoms with Gasteiger partial charge in [0.15, 0.2) is 0 Å². The molecule has 78 valence electrons. The van der Waals surface area contributed by atoms with E-state index in [1.807, 2.05) is 12.4 Å². The van der Waals surface area contributed by atoms with Crippen LogP contribution in [0.4, 0.5) is 0 Å². The maximum Gasteiger partial charge on any atom is 0.0532 e. The molecule has 0 spiro atoms. The first-order chi connectivity index (χ1) is 6.66. The Kier molecular flexibility index (Phi) is 2.59. The maximum absolute atomic E-state index is 3.93. The second-order valence-electron chi connectivity index (χ2n) is 5.09. The molecule has 2 N–H and O–H groups in total. The van der Waals surface area contributed by atoms with Crippen LogP contribution in [0.1, 0.15) is 38.7 Å². The smallest absolute Gasteiger partial charge is 0.0532 e. The highest BCUT2D eigenvalue weighted by atomic mass is 15.1. The van der Waals surface area contributed by atoms with E-state index in [0.717, 1.165) is 6.54 Å². The van der Waals surface area contributed by atoms with Gasteiger partial charge in [-0.25, -0.2) is 0 Å². The normalized spacial score (nSPS) is 25.4. The summed E-state index contributed by atoms with van der Waals surface area (Å²) in [5, 5.41) is 10.3. The van der Waals surface area contributed by atoms with E-state index >= 15 is 0 Å². The molecule has 0 bridgehead atoms. The Bertz CT molecular complexity index is 277. The number of H-pyrrole nitrogens is 1. The van der Waals surface area contributed by atoms with Gasteiger partial charge in [0.25, 0.3) is 0 Å². The molecule has 1 aromatic heterocycles. The van der Waals surface area contributed by atoms with E-state index in [1.165, 1.54) is 24.8 Å². The van der Waals surface area contributed by atoms with Gasteiger partial charge in [-0.1, -0.05) is 13.8 Å². The van der Waals surface area contributed by atoms with E-state index in [-0.39, 0.29) is 0 Å². The summed E-state index contributed by atoms with van der Waals surface area (Å²) in [5.41, 5.74) is 1.78. The van der Waals surface area contributed by atoms with Crippen LogP contribution in [0, 0.1) is 5.41 Å². The van der Waals surface area contributed by atoms with Gasteiger partial charge in [0.2, 0.25) is 0 Å². The third-order valence-corrected chi connectivity index (χ3v) is 3.12. The molecule has 3 nitrogen and oxygen atoms in total. The Morgan fingerprint density at radius 2 is 2.50 bits per heavy atom. The summed E-state index contributed by atoms with van der Waals surface area (Å²) in [5.74, 6) is 0. The Morgan fingerprint density at radius 1 is 1.64 bits per heavy atom. The molecule has 2 rings (SSSR count). The largest absolute Gasteiger partial charge is 0.310 e. The second-order valence-corrected chi connectivity index (χ2v) is 5.09. The van der Waals surface area contributed by atoms with E-state index in [1.54, 1.807) is 0 Å². The van der Waals surface area contributed by atoms with Gasteiger partial charge in [-0.2, -0.15) is 5.10 Å². The molecular weight excluding hydrogens is 174 g/mol. The Balaban J connectivity index is 1.78. The highest BCUT2D eigenvalue weighted by Gasteiger charge is 2.30. The van der Waals surface area contributed by atoms with E-state index in [4.69, 9.17) is 0 Å². The van der Waals surface area contributed by atoms with Gasteiger partial charge in [0.1, 0.15) is 0 Å². The number of nitrogens with one attached hydrogen (secondary N) is 2. The minimum atomic E-state index is 0.536. The number of rotatable bonds is 3. The predicted molar refractivity (Wildman–Crippen MR) is 56.8 cm³/mol. The quantitative estimate of drug-likeness (QED) is 0.771. The van der Waals surface area contributed by atoms with Crippen molar-refractivity contribution in [1.29, 1.82) is 0 Å². The fraction of sp³-hybridized carbons (Fsp3) is 0.727. The van der Waals surface area contributed by atoms with E-state index in [9.17, 15) is 0 Å². The molecule has 0 radical (unpaired) electrons. The van der Waals surface area contributed by atoms with E-state index in [2.05, 4.69) is 29.4 Å². The average Bonchev–Trinajstić information content (AvgIpc) is 2.70. The van der Waals surface area contributed by atoms with Crippen LogP contribution >= 0.6 is 0 Å². The molecule has 1 aliphatic rings. The fourth-order valence-corrected chi connectivity index (χ4v) is 2.25. The monoisotopic (exact) mass is 193 g/mol. The lowest BCUT2D eigenvalue weighted by Gasteiger charge is -2.17. The Hall–Kier alpha value is -0.830. The second kappa shape index (κ2) is 3.73. The first-order valence-corrected chi connectivity index (χ1v) is 5.37. The fourth-order valence-electron chi connectivity index (χ4n) is 2.25. The third kappa shape index (κ3) is 2.35. The minimum absolute atomic E-state index is 0.536. The van der Waals surface area contributed by atoms with Gasteiger partial charge in [-0.15, -0.1) is 0 Å². The van der Waals surface area contributed by atoms with Crippen LogP contribution in [-0.4, -0.2) is 16.2 Å². The molecule has 1 heterocycles. The summed E-state index contributed by atoms with van der Waals surface area (Å²) < 4.78 is 0. The SMILES string of the molecule is CC1(C)CCC(NCc2cn[nH]c2)C1. The number of aromatic amines is 1. The molecule has 1 unspecified atom stereocenters. The molecule has 1 atom stereocenters. The van der Waals surface area contributed by atoms with Crippen LogP contribution < -0.4 is 5.32 Å². The highest BCUT2D eigenvalue weighted by molar-refractivity contribution is 5.02. The van der Waals surface area contributed by atoms with Crippen molar-refractivity contribution in [2.24, 2.45) is 5.41 Å². The predicted octanol–water partition coefficient (Wildman–Crippen LogP) is 2.08. The molecule has 3 heteroatoms. The summed E-state index contributed by atoms with van der Waals surface area (Å²) in [6, 6.07) is 0.694. The van der Waals surface area contributed by atoms with Gasteiger partial charge in [-0.05, 0) is 24.7 Å². The highest BCUT2D eigenvalue weighted by Crippen LogP contribution is 2.36. The van der Waals surface area contributed by atoms with Gasteiger partial charge >= 0.3 is 0 Å². The number of aromatic nitrogens is 2. The zero-order chi connectivity index (χ0) is 10.0. The third-order valence-electron chi connectivity index (χ3n) is 3.12. The molecule has 1 saturated carbocycles. The molecule has 0 saturated heterocycles. The summed E-state index contributed by atoms with van der Waals surface area (Å²) >= 11 is 0. The molecule has 0 amide bonds. The van der Waals surface area contributed by atoms with Crippen molar-refractivity contribution < 1.29 is 0 Å². The summed E-state index contributed by atoms with van der Waals surface area (Å²) in [6.07, 6.45) is 7.78. The summed E-state index contributed by atoms with van der Waals surface area (Å²) in [7, 11) is 0. The van der Waals surface area contributed by atoms with Crippen molar-refractivity contribution in [3.05, 3.63) is 18.0 Å². The standard InChI is InChI=1S/C11H19N3/c1-11(2)4-3-10(5-11)12-6-9-7-13-14-8-9/h7-8,10,12H,3-6H2,1-2H3,(H,13,14). The van der Waals surface area contributed by atoms with Crippen molar-refractivity contribution in [3.8, 4) is 0 Å². The molecular formula is C11H19N3. The van der Waals surface area contributed by atoms with Gasteiger partial charge in [0.05, 0.1) is 6.20 Å². The summed E-state index contributed by atoms with van der Waals surface area (Å²) in [4.78, 5) is 0. The van der Waals surface area contributed by atoms with Gasteiger partial charge < -0.3 is 5.32 Å². The molecule has 14 heavy (non-hydrogen) atoms. The first-order valence-electron chi connectivity index (χ1n) is 5.37. The van der Waals surface area contributed by atoms with Crippen molar-refractivity contribution in [1.82, 2.24) is 15.5 Å². The van der Waals surface area contributed by atoms with Crippen LogP contribution in [0.5, 0.6) is 0 Å². The van der Waals surface area contributed by atoms with Crippen LogP contribution in [0.2, 0.25) is 0 Å². The Morgan fingerprint density at radius 3 is 3.07 bits per heavy atom. The van der Waals surface area contributed by atoms with Crippen LogP contribution in [-0.2, 0) is 6.54 Å². The molecule has 1 fully saturated rings. The Labute approximate surface area is 85.3 Å². The zero-order valence-electron chi connectivity index (χ0n) is 9.01. The van der Waals surface area contributed by atoms with Crippen molar-refractivity contribution in [2.45, 2.75) is 45.7 Å². The lowest BCUT2D eigenvalue weighted by atomic mass is 9.92. The van der Waals surface area contributed by atoms with Crippen LogP contribution in [0.15, 0.2) is 12.4 Å². The van der Waals surface area contributed by atoms with E-state index in [0.29, 0.717) is 11.5 Å². The van der Waals surface area contributed by atoms with E-state index < -0.39 is 0 Å². The van der Waals surface area contributed by atoms with Crippen LogP contribution in [0.25, 0.3) is 0 Å². The van der Waals surface area contributed by atoms with Gasteiger partial charge in [-0.3, -0.25) is 5.10 Å². The van der Waals surface area contributed by atoms with Crippen LogP contribution in [0.3, 0.4) is 0 Å². The molecule has 0 aliphatic heterocycles. The lowest BCUT2D eigenvalue weighted by Crippen LogP contribution is -2.26. The maximum atomic E-state index is 3.93. The van der Waals surface area contributed by atoms with Crippen molar-refractivity contribution in [3.63, 3.8) is 0 Å². The number of nitrogens with zero attached hydrogens (tertiary/aromatic N) is 1. The lowest BCUT2D eigenvalue weighted by molar-refractivity contribution is 0.364. The molecule has 1 aliphatic carbocycles. The van der Waals surface area contributed by atoms with Gasteiger partial charge in [0, 0.05) is 24.3 Å². The van der Waals surface area contributed by atoms with Crippen molar-refractivity contribution >= 4 is 0 Å². The summed E-state index contributed by atoms with van der Waals surface area (Å²) in [6.45, 7) is 5.65. The first kappa shape index (κ1) is 9.71. The number of hydrogen-bond acceptors (Lipinski definition) is 2. The number of hydrogen-bond donors (Lipinski definition) is 2. The zero-order valence-corrected chi connectivity index (χ0v) is 9.01. The molecule has 0 aromatic carbocycles. The molecule has 1 aromatic rings. The average molecular weight is 193 g/mol. The topological polar surface area (TPSA) is 40.7 Å².